The second kappa shape index (κ2) is 5.21. The Labute approximate surface area is 93.2 Å². The Morgan fingerprint density at radius 1 is 1.53 bits per heavy atom. The first-order chi connectivity index (χ1) is 7.10. The monoisotopic (exact) mass is 231 g/mol. The summed E-state index contributed by atoms with van der Waals surface area (Å²) < 4.78 is 4.94. The minimum atomic E-state index is -0.456. The third kappa shape index (κ3) is 2.75. The highest BCUT2D eigenvalue weighted by molar-refractivity contribution is 6.30. The standard InChI is InChI=1S/C10H14ClNO3/c1-15-9-5-6(11)4-7(10(9)14)8(12)2-3-13/h4-5,8,13-14H,2-3,12H2,1H3. The van der Waals surface area contributed by atoms with E-state index in [1.807, 2.05) is 0 Å². The molecule has 0 amide bonds. The molecule has 0 aromatic heterocycles. The quantitative estimate of drug-likeness (QED) is 0.733. The molecular weight excluding hydrogens is 218 g/mol. The lowest BCUT2D eigenvalue weighted by atomic mass is 10.0. The average Bonchev–Trinajstić information content (AvgIpc) is 2.21. The van der Waals surface area contributed by atoms with Gasteiger partial charge in [0.1, 0.15) is 0 Å². The molecule has 1 rings (SSSR count). The number of ether oxygens (including phenoxy) is 1. The maximum absolute atomic E-state index is 9.77. The number of nitrogens with two attached hydrogens (primary N) is 1. The topological polar surface area (TPSA) is 75.7 Å². The number of benzene rings is 1. The molecule has 0 heterocycles. The van der Waals surface area contributed by atoms with Crippen LogP contribution in [-0.4, -0.2) is 23.9 Å². The van der Waals surface area contributed by atoms with E-state index in [0.717, 1.165) is 0 Å². The van der Waals surface area contributed by atoms with Crippen molar-refractivity contribution in [1.82, 2.24) is 0 Å². The van der Waals surface area contributed by atoms with Crippen LogP contribution in [0, 0.1) is 0 Å². The van der Waals surface area contributed by atoms with Crippen LogP contribution in [0.25, 0.3) is 0 Å². The molecule has 84 valence electrons. The number of hydrogen-bond donors (Lipinski definition) is 3. The predicted molar refractivity (Wildman–Crippen MR) is 58.3 cm³/mol. The van der Waals surface area contributed by atoms with Gasteiger partial charge in [0.25, 0.3) is 0 Å². The SMILES string of the molecule is COc1cc(Cl)cc(C(N)CCO)c1O. The summed E-state index contributed by atoms with van der Waals surface area (Å²) in [4.78, 5) is 0. The lowest BCUT2D eigenvalue weighted by molar-refractivity contribution is 0.275. The Bertz CT molecular complexity index is 344. The molecule has 1 atom stereocenters. The van der Waals surface area contributed by atoms with Gasteiger partial charge in [0, 0.05) is 29.3 Å². The van der Waals surface area contributed by atoms with E-state index >= 15 is 0 Å². The first-order valence-electron chi connectivity index (χ1n) is 4.53. The molecule has 0 aliphatic heterocycles. The molecule has 15 heavy (non-hydrogen) atoms. The number of aliphatic hydroxyl groups excluding tert-OH is 1. The molecule has 5 heteroatoms. The Kier molecular flexibility index (Phi) is 4.20. The van der Waals surface area contributed by atoms with Crippen LogP contribution in [0.1, 0.15) is 18.0 Å². The fourth-order valence-corrected chi connectivity index (χ4v) is 1.54. The zero-order valence-electron chi connectivity index (χ0n) is 8.40. The van der Waals surface area contributed by atoms with Gasteiger partial charge in [0.15, 0.2) is 11.5 Å². The molecule has 0 saturated carbocycles. The summed E-state index contributed by atoms with van der Waals surface area (Å²) in [5, 5.41) is 19.0. The van der Waals surface area contributed by atoms with Gasteiger partial charge in [-0.2, -0.15) is 0 Å². The fraction of sp³-hybridized carbons (Fsp3) is 0.400. The highest BCUT2D eigenvalue weighted by Gasteiger charge is 2.15. The molecule has 0 radical (unpaired) electrons. The molecular formula is C10H14ClNO3. The first-order valence-corrected chi connectivity index (χ1v) is 4.90. The maximum Gasteiger partial charge on any atom is 0.162 e. The Hall–Kier alpha value is -0.970. The number of rotatable bonds is 4. The third-order valence-electron chi connectivity index (χ3n) is 2.13. The van der Waals surface area contributed by atoms with Crippen molar-refractivity contribution in [1.29, 1.82) is 0 Å². The highest BCUT2D eigenvalue weighted by Crippen LogP contribution is 2.36. The number of methoxy groups -OCH3 is 1. The number of phenols is 1. The Morgan fingerprint density at radius 3 is 2.73 bits per heavy atom. The van der Waals surface area contributed by atoms with Crippen LogP contribution in [0.2, 0.25) is 5.02 Å². The summed E-state index contributed by atoms with van der Waals surface area (Å²) >= 11 is 5.84. The van der Waals surface area contributed by atoms with Gasteiger partial charge in [-0.25, -0.2) is 0 Å². The summed E-state index contributed by atoms with van der Waals surface area (Å²) in [5.41, 5.74) is 6.24. The normalized spacial score (nSPS) is 12.5. The van der Waals surface area contributed by atoms with Crippen molar-refractivity contribution < 1.29 is 14.9 Å². The van der Waals surface area contributed by atoms with Crippen LogP contribution >= 0.6 is 11.6 Å². The van der Waals surface area contributed by atoms with E-state index in [4.69, 9.17) is 27.2 Å². The highest BCUT2D eigenvalue weighted by atomic mass is 35.5. The predicted octanol–water partition coefficient (Wildman–Crippen LogP) is 1.44. The van der Waals surface area contributed by atoms with Gasteiger partial charge in [0.2, 0.25) is 0 Å². The van der Waals surface area contributed by atoms with Crippen LogP contribution in [0.15, 0.2) is 12.1 Å². The van der Waals surface area contributed by atoms with E-state index in [-0.39, 0.29) is 18.1 Å². The lowest BCUT2D eigenvalue weighted by Crippen LogP contribution is -2.12. The molecule has 0 bridgehead atoms. The van der Waals surface area contributed by atoms with Crippen molar-refractivity contribution in [2.75, 3.05) is 13.7 Å². The molecule has 0 spiro atoms. The lowest BCUT2D eigenvalue weighted by Gasteiger charge is -2.15. The molecule has 4 nitrogen and oxygen atoms in total. The number of aromatic hydroxyl groups is 1. The first kappa shape index (κ1) is 12.1. The summed E-state index contributed by atoms with van der Waals surface area (Å²) in [7, 11) is 1.44. The number of halogens is 1. The van der Waals surface area contributed by atoms with Crippen molar-refractivity contribution >= 4 is 11.6 Å². The van der Waals surface area contributed by atoms with Gasteiger partial charge in [-0.15, -0.1) is 0 Å². The van der Waals surface area contributed by atoms with Gasteiger partial charge in [-0.1, -0.05) is 11.6 Å². The van der Waals surface area contributed by atoms with E-state index in [1.54, 1.807) is 6.07 Å². The van der Waals surface area contributed by atoms with Crippen LogP contribution < -0.4 is 10.5 Å². The molecule has 0 aliphatic rings. The van der Waals surface area contributed by atoms with Crippen LogP contribution in [-0.2, 0) is 0 Å². The molecule has 4 N–H and O–H groups in total. The van der Waals surface area contributed by atoms with Crippen molar-refractivity contribution in [3.8, 4) is 11.5 Å². The van der Waals surface area contributed by atoms with Crippen molar-refractivity contribution in [2.45, 2.75) is 12.5 Å². The third-order valence-corrected chi connectivity index (χ3v) is 2.35. The van der Waals surface area contributed by atoms with Gasteiger partial charge >= 0.3 is 0 Å². The second-order valence-corrected chi connectivity index (χ2v) is 3.60. The molecule has 0 aliphatic carbocycles. The number of aliphatic hydroxyl groups is 1. The molecule has 0 saturated heterocycles. The molecule has 0 fully saturated rings. The van der Waals surface area contributed by atoms with E-state index in [1.165, 1.54) is 13.2 Å². The maximum atomic E-state index is 9.77. The summed E-state index contributed by atoms with van der Waals surface area (Å²) in [6.07, 6.45) is 0.358. The zero-order valence-corrected chi connectivity index (χ0v) is 9.16. The minimum absolute atomic E-state index is 0.0251. The van der Waals surface area contributed by atoms with Crippen LogP contribution in [0.5, 0.6) is 11.5 Å². The zero-order chi connectivity index (χ0) is 11.4. The molecule has 1 aromatic rings. The van der Waals surface area contributed by atoms with Crippen molar-refractivity contribution in [3.63, 3.8) is 0 Å². The average molecular weight is 232 g/mol. The van der Waals surface area contributed by atoms with Gasteiger partial charge in [0.05, 0.1) is 7.11 Å². The largest absolute Gasteiger partial charge is 0.504 e. The summed E-state index contributed by atoms with van der Waals surface area (Å²) in [6.45, 7) is -0.0462. The second-order valence-electron chi connectivity index (χ2n) is 3.16. The van der Waals surface area contributed by atoms with E-state index in [9.17, 15) is 5.11 Å². The van der Waals surface area contributed by atoms with Gasteiger partial charge < -0.3 is 20.7 Å². The van der Waals surface area contributed by atoms with E-state index < -0.39 is 6.04 Å². The van der Waals surface area contributed by atoms with Gasteiger partial charge in [-0.05, 0) is 12.5 Å². The molecule has 1 unspecified atom stereocenters. The molecule has 1 aromatic carbocycles. The van der Waals surface area contributed by atoms with Crippen molar-refractivity contribution in [2.24, 2.45) is 5.73 Å². The van der Waals surface area contributed by atoms with Crippen molar-refractivity contribution in [3.05, 3.63) is 22.7 Å². The van der Waals surface area contributed by atoms with Gasteiger partial charge in [-0.3, -0.25) is 0 Å². The Morgan fingerprint density at radius 2 is 2.20 bits per heavy atom. The minimum Gasteiger partial charge on any atom is -0.504 e. The van der Waals surface area contributed by atoms with E-state index in [2.05, 4.69) is 0 Å². The number of phenolic OH excluding ortho intramolecular Hbond substituents is 1. The summed E-state index contributed by atoms with van der Waals surface area (Å²) in [5.74, 6) is 0.258. The summed E-state index contributed by atoms with van der Waals surface area (Å²) in [6, 6.07) is 2.62. The number of hydrogen-bond acceptors (Lipinski definition) is 4. The van der Waals surface area contributed by atoms with Crippen LogP contribution in [0.3, 0.4) is 0 Å². The smallest absolute Gasteiger partial charge is 0.162 e. The Balaban J connectivity index is 3.11. The van der Waals surface area contributed by atoms with Crippen LogP contribution in [0.4, 0.5) is 0 Å². The van der Waals surface area contributed by atoms with E-state index in [0.29, 0.717) is 17.0 Å². The fourth-order valence-electron chi connectivity index (χ4n) is 1.33.